The molecule has 0 spiro atoms. The van der Waals surface area contributed by atoms with Crippen LogP contribution in [0.2, 0.25) is 5.02 Å². The Morgan fingerprint density at radius 3 is 2.48 bits per heavy atom. The largest absolute Gasteiger partial charge is 0.436 e. The van der Waals surface area contributed by atoms with E-state index >= 15 is 0 Å². The molecule has 0 bridgehead atoms. The van der Waals surface area contributed by atoms with Crippen molar-refractivity contribution in [1.29, 1.82) is 0 Å². The number of alkyl halides is 3. The zero-order chi connectivity index (χ0) is 15.9. The van der Waals surface area contributed by atoms with Crippen LogP contribution >= 0.6 is 11.6 Å². The van der Waals surface area contributed by atoms with E-state index in [4.69, 9.17) is 11.6 Å². The molecule has 0 atom stereocenters. The third kappa shape index (κ3) is 2.71. The molecule has 9 heteroatoms. The Bertz CT molecular complexity index is 725. The van der Waals surface area contributed by atoms with Crippen molar-refractivity contribution in [3.05, 3.63) is 44.6 Å². The third-order valence-corrected chi connectivity index (χ3v) is 3.30. The highest BCUT2D eigenvalue weighted by atomic mass is 35.5. The van der Waals surface area contributed by atoms with Crippen LogP contribution in [-0.4, -0.2) is 14.7 Å². The number of rotatable bonds is 2. The fourth-order valence-electron chi connectivity index (χ4n) is 1.95. The van der Waals surface area contributed by atoms with E-state index in [-0.39, 0.29) is 16.9 Å². The molecule has 0 saturated carbocycles. The van der Waals surface area contributed by atoms with Crippen LogP contribution in [0.25, 0.3) is 11.3 Å². The molecule has 0 unspecified atom stereocenters. The van der Waals surface area contributed by atoms with Crippen molar-refractivity contribution in [3.63, 3.8) is 0 Å². The number of nitro groups is 1. The van der Waals surface area contributed by atoms with Crippen LogP contribution in [-0.2, 0) is 13.2 Å². The molecular weight excluding hydrogens is 311 g/mol. The van der Waals surface area contributed by atoms with Crippen LogP contribution in [0.1, 0.15) is 11.3 Å². The summed E-state index contributed by atoms with van der Waals surface area (Å²) in [7, 11) is 1.29. The van der Waals surface area contributed by atoms with E-state index in [1.807, 2.05) is 0 Å². The Kier molecular flexibility index (Phi) is 3.66. The summed E-state index contributed by atoms with van der Waals surface area (Å²) in [6.07, 6.45) is -4.69. The molecule has 0 radical (unpaired) electrons. The Morgan fingerprint density at radius 2 is 2.00 bits per heavy atom. The monoisotopic (exact) mass is 319 g/mol. The maximum atomic E-state index is 12.8. The Morgan fingerprint density at radius 1 is 1.38 bits per heavy atom. The smallest absolute Gasteiger partial charge is 0.266 e. The number of nitrogens with zero attached hydrogens (tertiary/aromatic N) is 3. The van der Waals surface area contributed by atoms with Crippen molar-refractivity contribution in [2.24, 2.45) is 7.05 Å². The number of aromatic nitrogens is 2. The van der Waals surface area contributed by atoms with Crippen molar-refractivity contribution in [1.82, 2.24) is 9.78 Å². The third-order valence-electron chi connectivity index (χ3n) is 2.94. The van der Waals surface area contributed by atoms with Gasteiger partial charge in [0, 0.05) is 24.2 Å². The lowest BCUT2D eigenvalue weighted by molar-refractivity contribution is -0.385. The summed E-state index contributed by atoms with van der Waals surface area (Å²) in [4.78, 5) is 10.3. The molecule has 0 amide bonds. The first kappa shape index (κ1) is 15.3. The van der Waals surface area contributed by atoms with Gasteiger partial charge >= 0.3 is 6.18 Å². The summed E-state index contributed by atoms with van der Waals surface area (Å²) >= 11 is 5.75. The Labute approximate surface area is 122 Å². The molecule has 0 aliphatic rings. The minimum atomic E-state index is -4.69. The zero-order valence-electron chi connectivity index (χ0n) is 10.9. The molecule has 0 N–H and O–H groups in total. The van der Waals surface area contributed by atoms with Gasteiger partial charge in [-0.2, -0.15) is 18.3 Å². The highest BCUT2D eigenvalue weighted by Gasteiger charge is 2.38. The Balaban J connectivity index is 2.66. The maximum absolute atomic E-state index is 12.8. The number of hydrogen-bond donors (Lipinski definition) is 0. The fraction of sp³-hybridized carbons (Fsp3) is 0.250. The second-order valence-electron chi connectivity index (χ2n) is 4.39. The highest BCUT2D eigenvalue weighted by Crippen LogP contribution is 2.40. The first-order valence-electron chi connectivity index (χ1n) is 5.68. The van der Waals surface area contributed by atoms with E-state index < -0.39 is 21.8 Å². The van der Waals surface area contributed by atoms with Crippen molar-refractivity contribution in [3.8, 4) is 11.3 Å². The topological polar surface area (TPSA) is 61.0 Å². The number of aryl methyl sites for hydroxylation is 2. The second kappa shape index (κ2) is 5.03. The molecular formula is C12H9ClF3N3O2. The van der Waals surface area contributed by atoms with Crippen molar-refractivity contribution in [2.75, 3.05) is 0 Å². The van der Waals surface area contributed by atoms with Crippen LogP contribution in [0.4, 0.5) is 18.9 Å². The molecule has 112 valence electrons. The molecule has 0 saturated heterocycles. The Hall–Kier alpha value is -2.09. The summed E-state index contributed by atoms with van der Waals surface area (Å²) in [6.45, 7) is 1.54. The molecule has 0 fully saturated rings. The SMILES string of the molecule is Cc1ccc(-c2c(Cl)c(C(F)(F)F)nn2C)cc1[N+](=O)[O-]. The fourth-order valence-corrected chi connectivity index (χ4v) is 2.32. The van der Waals surface area contributed by atoms with Crippen LogP contribution in [0.15, 0.2) is 18.2 Å². The van der Waals surface area contributed by atoms with Gasteiger partial charge in [0.15, 0.2) is 5.69 Å². The van der Waals surface area contributed by atoms with E-state index in [9.17, 15) is 23.3 Å². The molecule has 0 aliphatic carbocycles. The predicted molar refractivity (Wildman–Crippen MR) is 70.0 cm³/mol. The van der Waals surface area contributed by atoms with Gasteiger partial charge in [0.25, 0.3) is 5.69 Å². The summed E-state index contributed by atoms with van der Waals surface area (Å²) in [5, 5.41) is 13.7. The van der Waals surface area contributed by atoms with Gasteiger partial charge in [-0.15, -0.1) is 0 Å². The van der Waals surface area contributed by atoms with Gasteiger partial charge in [-0.1, -0.05) is 23.7 Å². The molecule has 5 nitrogen and oxygen atoms in total. The van der Waals surface area contributed by atoms with Gasteiger partial charge in [0.1, 0.15) is 0 Å². The van der Waals surface area contributed by atoms with Gasteiger partial charge in [-0.25, -0.2) is 0 Å². The lowest BCUT2D eigenvalue weighted by atomic mass is 10.1. The summed E-state index contributed by atoms with van der Waals surface area (Å²) in [6, 6.07) is 4.09. The summed E-state index contributed by atoms with van der Waals surface area (Å²) < 4.78 is 39.2. The van der Waals surface area contributed by atoms with Gasteiger partial charge in [0.05, 0.1) is 15.6 Å². The second-order valence-corrected chi connectivity index (χ2v) is 4.77. The summed E-state index contributed by atoms with van der Waals surface area (Å²) in [5.41, 5.74) is -0.837. The standard InChI is InChI=1S/C12H9ClF3N3O2/c1-6-3-4-7(5-8(6)19(20)21)10-9(13)11(12(14,15)16)17-18(10)2/h3-5H,1-2H3. The molecule has 1 heterocycles. The van der Waals surface area contributed by atoms with Crippen LogP contribution in [0.5, 0.6) is 0 Å². The quantitative estimate of drug-likeness (QED) is 0.621. The summed E-state index contributed by atoms with van der Waals surface area (Å²) in [5.74, 6) is 0. The highest BCUT2D eigenvalue weighted by molar-refractivity contribution is 6.33. The van der Waals surface area contributed by atoms with Crippen molar-refractivity contribution < 1.29 is 18.1 Å². The van der Waals surface area contributed by atoms with Gasteiger partial charge in [-0.05, 0) is 6.92 Å². The first-order valence-corrected chi connectivity index (χ1v) is 6.06. The van der Waals surface area contributed by atoms with E-state index in [2.05, 4.69) is 5.10 Å². The minimum absolute atomic E-state index is 0.0212. The van der Waals surface area contributed by atoms with Crippen LogP contribution < -0.4 is 0 Å². The van der Waals surface area contributed by atoms with Crippen molar-refractivity contribution in [2.45, 2.75) is 13.1 Å². The molecule has 2 aromatic rings. The van der Waals surface area contributed by atoms with Gasteiger partial charge < -0.3 is 0 Å². The normalized spacial score (nSPS) is 11.7. The van der Waals surface area contributed by atoms with E-state index in [0.717, 1.165) is 4.68 Å². The number of nitro benzene ring substituents is 1. The lowest BCUT2D eigenvalue weighted by Gasteiger charge is -2.05. The molecule has 1 aromatic heterocycles. The molecule has 0 aliphatic heterocycles. The number of halogens is 4. The van der Waals surface area contributed by atoms with E-state index in [1.54, 1.807) is 0 Å². The number of hydrogen-bond acceptors (Lipinski definition) is 3. The maximum Gasteiger partial charge on any atom is 0.436 e. The lowest BCUT2D eigenvalue weighted by Crippen LogP contribution is -2.07. The van der Waals surface area contributed by atoms with Crippen LogP contribution in [0.3, 0.4) is 0 Å². The average Bonchev–Trinajstić information content (AvgIpc) is 2.65. The zero-order valence-corrected chi connectivity index (χ0v) is 11.7. The average molecular weight is 320 g/mol. The van der Waals surface area contributed by atoms with Crippen LogP contribution in [0, 0.1) is 17.0 Å². The van der Waals surface area contributed by atoms with Gasteiger partial charge in [-0.3, -0.25) is 14.8 Å². The molecule has 1 aromatic carbocycles. The van der Waals surface area contributed by atoms with Crippen molar-refractivity contribution >= 4 is 17.3 Å². The van der Waals surface area contributed by atoms with Gasteiger partial charge in [0.2, 0.25) is 0 Å². The minimum Gasteiger partial charge on any atom is -0.266 e. The predicted octanol–water partition coefficient (Wildman–Crippen LogP) is 3.98. The molecule has 2 rings (SSSR count). The molecule has 21 heavy (non-hydrogen) atoms. The van der Waals surface area contributed by atoms with E-state index in [0.29, 0.717) is 5.56 Å². The van der Waals surface area contributed by atoms with E-state index in [1.165, 1.54) is 32.2 Å². The number of benzene rings is 1. The first-order chi connectivity index (χ1) is 9.62.